The van der Waals surface area contributed by atoms with E-state index in [1.165, 1.54) is 13.3 Å². The molecule has 3 aliphatic rings. The maximum Gasteiger partial charge on any atom is 0.416 e. The standard InChI is InChI=1S/C28H27F6N3O3S/c1-3-16-15-37-9-7-17(16)10-25(37)26(22-6-8-35-24-5-4-20(40-2)14-23(22)24)36-41(38,39)21-12-18(27(29,30)31)11-19(13-21)28(32,33)34/h3-6,8,11-14,16-17,25-26,36H,1,7,9-10,15H2,2H3/t16?,17?,25-,26-/m0/s1. The van der Waals surface area contributed by atoms with Gasteiger partial charge >= 0.3 is 12.4 Å². The van der Waals surface area contributed by atoms with E-state index in [1.807, 2.05) is 6.08 Å². The van der Waals surface area contributed by atoms with Crippen molar-refractivity contribution < 1.29 is 39.5 Å². The Bertz CT molecular complexity index is 1540. The Morgan fingerprint density at radius 3 is 2.32 bits per heavy atom. The number of sulfonamides is 1. The lowest BCUT2D eigenvalue weighted by atomic mass is 9.73. The normalized spacial score (nSPS) is 23.9. The van der Waals surface area contributed by atoms with Crippen molar-refractivity contribution in [1.29, 1.82) is 0 Å². The quantitative estimate of drug-likeness (QED) is 0.259. The maximum absolute atomic E-state index is 13.7. The number of fused-ring (bicyclic) bond motifs is 4. The Labute approximate surface area is 233 Å². The van der Waals surface area contributed by atoms with Crippen molar-refractivity contribution in [3.63, 3.8) is 0 Å². The molecular weight excluding hydrogens is 572 g/mol. The molecule has 1 N–H and O–H groups in total. The van der Waals surface area contributed by atoms with Crippen molar-refractivity contribution in [3.05, 3.63) is 78.0 Å². The average molecular weight is 600 g/mol. The van der Waals surface area contributed by atoms with Crippen molar-refractivity contribution in [3.8, 4) is 5.75 Å². The molecule has 1 aromatic heterocycles. The number of hydrogen-bond acceptors (Lipinski definition) is 5. The maximum atomic E-state index is 13.7. The minimum Gasteiger partial charge on any atom is -0.497 e. The molecule has 220 valence electrons. The third-order valence-corrected chi connectivity index (χ3v) is 9.43. The highest BCUT2D eigenvalue weighted by molar-refractivity contribution is 7.89. The summed E-state index contributed by atoms with van der Waals surface area (Å²) >= 11 is 0. The highest BCUT2D eigenvalue weighted by atomic mass is 32.2. The van der Waals surface area contributed by atoms with Crippen LogP contribution in [0.1, 0.15) is 35.6 Å². The van der Waals surface area contributed by atoms with Crippen LogP contribution in [0.4, 0.5) is 26.3 Å². The molecule has 4 heterocycles. The molecule has 3 saturated heterocycles. The Morgan fingerprint density at radius 1 is 1.07 bits per heavy atom. The van der Waals surface area contributed by atoms with E-state index in [-0.39, 0.29) is 30.0 Å². The van der Waals surface area contributed by atoms with Gasteiger partial charge in [0.05, 0.1) is 34.7 Å². The van der Waals surface area contributed by atoms with E-state index < -0.39 is 50.5 Å². The van der Waals surface area contributed by atoms with Crippen LogP contribution in [0.15, 0.2) is 66.2 Å². The van der Waals surface area contributed by atoms with Crippen LogP contribution in [0.3, 0.4) is 0 Å². The monoisotopic (exact) mass is 599 g/mol. The molecule has 0 amide bonds. The molecule has 3 unspecified atom stereocenters. The third kappa shape index (κ3) is 5.80. The molecule has 3 aliphatic heterocycles. The van der Waals surface area contributed by atoms with Crippen molar-refractivity contribution in [2.24, 2.45) is 11.8 Å². The smallest absolute Gasteiger partial charge is 0.416 e. The summed E-state index contributed by atoms with van der Waals surface area (Å²) in [6.45, 7) is 5.16. The summed E-state index contributed by atoms with van der Waals surface area (Å²) < 4.78 is 116. The molecule has 3 fully saturated rings. The summed E-state index contributed by atoms with van der Waals surface area (Å²) in [5.41, 5.74) is -2.42. The number of pyridine rings is 1. The van der Waals surface area contributed by atoms with Gasteiger partial charge in [-0.3, -0.25) is 9.88 Å². The van der Waals surface area contributed by atoms with Gasteiger partial charge in [0.15, 0.2) is 0 Å². The molecule has 0 aliphatic carbocycles. The number of ether oxygens (including phenoxy) is 1. The number of aromatic nitrogens is 1. The molecule has 6 nitrogen and oxygen atoms in total. The topological polar surface area (TPSA) is 71.5 Å². The van der Waals surface area contributed by atoms with Crippen molar-refractivity contribution in [2.45, 2.75) is 42.2 Å². The fraction of sp³-hybridized carbons (Fsp3) is 0.393. The van der Waals surface area contributed by atoms with Gasteiger partial charge in [-0.25, -0.2) is 13.1 Å². The van der Waals surface area contributed by atoms with Gasteiger partial charge in [-0.1, -0.05) is 6.08 Å². The van der Waals surface area contributed by atoms with Crippen LogP contribution in [0.25, 0.3) is 10.9 Å². The summed E-state index contributed by atoms with van der Waals surface area (Å²) in [4.78, 5) is 5.31. The highest BCUT2D eigenvalue weighted by Gasteiger charge is 2.45. The molecule has 3 aromatic rings. The van der Waals surface area contributed by atoms with E-state index in [2.05, 4.69) is 21.2 Å². The minimum atomic E-state index is -5.20. The second kappa shape index (κ2) is 10.6. The van der Waals surface area contributed by atoms with Crippen LogP contribution in [0, 0.1) is 11.8 Å². The van der Waals surface area contributed by atoms with E-state index in [9.17, 15) is 34.8 Å². The molecule has 2 bridgehead atoms. The number of alkyl halides is 6. The first-order valence-corrected chi connectivity index (χ1v) is 14.3. The predicted molar refractivity (Wildman–Crippen MR) is 140 cm³/mol. The van der Waals surface area contributed by atoms with Crippen molar-refractivity contribution in [1.82, 2.24) is 14.6 Å². The molecule has 6 rings (SSSR count). The summed E-state index contributed by atoms with van der Waals surface area (Å²) in [6, 6.07) is 5.56. The minimum absolute atomic E-state index is 0.0968. The third-order valence-electron chi connectivity index (χ3n) is 8.01. The van der Waals surface area contributed by atoms with Gasteiger partial charge < -0.3 is 4.74 Å². The highest BCUT2D eigenvalue weighted by Crippen LogP contribution is 2.43. The molecule has 2 aromatic carbocycles. The largest absolute Gasteiger partial charge is 0.497 e. The van der Waals surface area contributed by atoms with Crippen LogP contribution < -0.4 is 9.46 Å². The van der Waals surface area contributed by atoms with Gasteiger partial charge in [0.1, 0.15) is 5.75 Å². The van der Waals surface area contributed by atoms with E-state index in [0.29, 0.717) is 41.7 Å². The zero-order valence-corrected chi connectivity index (χ0v) is 22.7. The van der Waals surface area contributed by atoms with E-state index >= 15 is 0 Å². The number of nitrogens with one attached hydrogen (secondary N) is 1. The number of hydrogen-bond donors (Lipinski definition) is 1. The Morgan fingerprint density at radius 2 is 1.76 bits per heavy atom. The van der Waals surface area contributed by atoms with Gasteiger partial charge in [-0.15, -0.1) is 6.58 Å². The van der Waals surface area contributed by atoms with E-state index in [1.54, 1.807) is 24.3 Å². The Kier molecular flexibility index (Phi) is 7.58. The lowest BCUT2D eigenvalue weighted by Crippen LogP contribution is -2.57. The molecule has 5 atom stereocenters. The molecule has 0 radical (unpaired) electrons. The summed E-state index contributed by atoms with van der Waals surface area (Å²) in [5.74, 6) is 0.852. The lowest BCUT2D eigenvalue weighted by Gasteiger charge is -2.51. The fourth-order valence-corrected chi connectivity index (χ4v) is 7.25. The first kappa shape index (κ1) is 29.3. The lowest BCUT2D eigenvalue weighted by molar-refractivity contribution is -0.143. The van der Waals surface area contributed by atoms with E-state index in [4.69, 9.17) is 4.74 Å². The summed E-state index contributed by atoms with van der Waals surface area (Å²) in [5, 5.41) is 0.544. The predicted octanol–water partition coefficient (Wildman–Crippen LogP) is 6.20. The zero-order chi connectivity index (χ0) is 29.7. The average Bonchev–Trinajstić information content (AvgIpc) is 2.94. The van der Waals surface area contributed by atoms with Crippen LogP contribution >= 0.6 is 0 Å². The van der Waals surface area contributed by atoms with Crippen molar-refractivity contribution >= 4 is 20.9 Å². The molecule has 0 spiro atoms. The summed E-state index contributed by atoms with van der Waals surface area (Å²) in [7, 11) is -3.43. The van der Waals surface area contributed by atoms with Gasteiger partial charge in [-0.2, -0.15) is 26.3 Å². The molecule has 0 saturated carbocycles. The zero-order valence-electron chi connectivity index (χ0n) is 21.8. The van der Waals surface area contributed by atoms with Gasteiger partial charge in [0, 0.05) is 24.2 Å². The molecule has 41 heavy (non-hydrogen) atoms. The first-order valence-electron chi connectivity index (χ1n) is 12.8. The number of rotatable bonds is 7. The van der Waals surface area contributed by atoms with Crippen LogP contribution in [-0.4, -0.2) is 44.5 Å². The van der Waals surface area contributed by atoms with E-state index in [0.717, 1.165) is 6.42 Å². The number of nitrogens with zero attached hydrogens (tertiary/aromatic N) is 2. The second-order valence-electron chi connectivity index (χ2n) is 10.4. The second-order valence-corrected chi connectivity index (χ2v) is 12.1. The number of benzene rings is 2. The number of halogens is 6. The fourth-order valence-electron chi connectivity index (χ4n) is 5.93. The van der Waals surface area contributed by atoms with Crippen LogP contribution in [0.5, 0.6) is 5.75 Å². The van der Waals surface area contributed by atoms with Gasteiger partial charge in [-0.05, 0) is 79.3 Å². The van der Waals surface area contributed by atoms with Gasteiger partial charge in [0.25, 0.3) is 0 Å². The van der Waals surface area contributed by atoms with Crippen LogP contribution in [0.2, 0.25) is 0 Å². The van der Waals surface area contributed by atoms with Crippen molar-refractivity contribution in [2.75, 3.05) is 20.2 Å². The molecular formula is C28H27F6N3O3S. The Balaban J connectivity index is 1.65. The van der Waals surface area contributed by atoms with Crippen LogP contribution in [-0.2, 0) is 22.4 Å². The molecule has 13 heteroatoms. The summed E-state index contributed by atoms with van der Waals surface area (Å²) in [6.07, 6.45) is -5.64. The first-order chi connectivity index (χ1) is 19.2. The Hall–Kier alpha value is -3.16. The SMILES string of the molecule is C=CC1CN2CCC1C[C@H]2[C@@H](NS(=O)(=O)c1cc(C(F)(F)F)cc(C(F)(F)F)c1)c1ccnc2ccc(OC)cc12. The van der Waals surface area contributed by atoms with Gasteiger partial charge in [0.2, 0.25) is 10.0 Å². The number of piperidine rings is 3. The number of methoxy groups -OCH3 is 1.